The summed E-state index contributed by atoms with van der Waals surface area (Å²) >= 11 is 0. The van der Waals surface area contributed by atoms with Gasteiger partial charge >= 0.3 is 0 Å². The van der Waals surface area contributed by atoms with Gasteiger partial charge in [0.1, 0.15) is 13.9 Å². The fourth-order valence-electron chi connectivity index (χ4n) is 3.60. The Morgan fingerprint density at radius 2 is 1.41 bits per heavy atom. The molecule has 0 N–H and O–H groups in total. The van der Waals surface area contributed by atoms with Crippen LogP contribution in [0.1, 0.15) is 66.5 Å². The third kappa shape index (κ3) is 4.84. The fraction of sp³-hybridized carbons (Fsp3) is 0.407. The van der Waals surface area contributed by atoms with Crippen LogP contribution < -0.4 is 9.83 Å². The first-order valence-electron chi connectivity index (χ1n) is 10.6. The Labute approximate surface area is 178 Å². The molecule has 154 valence electrons. The second-order valence-electron chi connectivity index (χ2n) is 10.2. The van der Waals surface area contributed by atoms with Crippen LogP contribution in [0.25, 0.3) is 10.8 Å². The molecule has 0 aliphatic rings. The molecule has 0 spiro atoms. The molecule has 0 saturated heterocycles. The van der Waals surface area contributed by atoms with Crippen LogP contribution in [-0.2, 0) is 10.8 Å². The first kappa shape index (κ1) is 21.8. The third-order valence-electron chi connectivity index (χ3n) is 5.32. The highest BCUT2D eigenvalue weighted by molar-refractivity contribution is 7.62. The standard InChI is InChI=1S/C27H35OP/c1-19(2)29(25-15-11-13-20-12-9-10-14-22(20)25)28-24-17-16-21(26(3,4)5)18-23(24)27(6,7)8/h9-19H,1-8H3. The summed E-state index contributed by atoms with van der Waals surface area (Å²) in [5.41, 5.74) is 3.21. The molecular formula is C27H35OP. The van der Waals surface area contributed by atoms with E-state index in [0.717, 1.165) is 5.75 Å². The maximum atomic E-state index is 6.86. The number of hydrogen-bond donors (Lipinski definition) is 0. The molecule has 29 heavy (non-hydrogen) atoms. The molecule has 0 aromatic heterocycles. The van der Waals surface area contributed by atoms with Gasteiger partial charge in [-0.25, -0.2) is 0 Å². The maximum absolute atomic E-state index is 6.86. The van der Waals surface area contributed by atoms with Crippen molar-refractivity contribution in [2.24, 2.45) is 0 Å². The van der Waals surface area contributed by atoms with Gasteiger partial charge in [0.05, 0.1) is 0 Å². The molecular weight excluding hydrogens is 371 g/mol. The van der Waals surface area contributed by atoms with Gasteiger partial charge in [-0.15, -0.1) is 0 Å². The predicted molar refractivity (Wildman–Crippen MR) is 130 cm³/mol. The van der Waals surface area contributed by atoms with Crippen molar-refractivity contribution in [3.05, 3.63) is 71.8 Å². The lowest BCUT2D eigenvalue weighted by Crippen LogP contribution is -2.19. The van der Waals surface area contributed by atoms with E-state index in [9.17, 15) is 0 Å². The number of hydrogen-bond acceptors (Lipinski definition) is 1. The maximum Gasteiger partial charge on any atom is 0.127 e. The van der Waals surface area contributed by atoms with Gasteiger partial charge < -0.3 is 4.52 Å². The first-order valence-corrected chi connectivity index (χ1v) is 11.9. The largest absolute Gasteiger partial charge is 0.469 e. The van der Waals surface area contributed by atoms with Crippen molar-refractivity contribution >= 4 is 24.2 Å². The number of fused-ring (bicyclic) bond motifs is 1. The van der Waals surface area contributed by atoms with Gasteiger partial charge in [0.2, 0.25) is 0 Å². The van der Waals surface area contributed by atoms with E-state index in [1.165, 1.54) is 27.2 Å². The number of benzene rings is 3. The van der Waals surface area contributed by atoms with Crippen LogP contribution in [0.15, 0.2) is 60.7 Å². The highest BCUT2D eigenvalue weighted by Crippen LogP contribution is 2.47. The molecule has 3 aromatic rings. The third-order valence-corrected chi connectivity index (χ3v) is 7.52. The quantitative estimate of drug-likeness (QED) is 0.400. The first-order chi connectivity index (χ1) is 13.5. The summed E-state index contributed by atoms with van der Waals surface area (Å²) in [6, 6.07) is 22.0. The molecule has 0 fully saturated rings. The Morgan fingerprint density at radius 1 is 0.759 bits per heavy atom. The van der Waals surface area contributed by atoms with Crippen LogP contribution in [0.2, 0.25) is 0 Å². The average molecular weight is 407 g/mol. The van der Waals surface area contributed by atoms with E-state index in [0.29, 0.717) is 5.66 Å². The zero-order chi connectivity index (χ0) is 21.4. The van der Waals surface area contributed by atoms with Crippen LogP contribution in [-0.4, -0.2) is 5.66 Å². The molecule has 3 aromatic carbocycles. The second kappa shape index (κ2) is 8.11. The van der Waals surface area contributed by atoms with Crippen LogP contribution in [0.3, 0.4) is 0 Å². The summed E-state index contributed by atoms with van der Waals surface area (Å²) in [7, 11) is -0.792. The Kier molecular flexibility index (Phi) is 6.11. The van der Waals surface area contributed by atoms with E-state index in [-0.39, 0.29) is 10.8 Å². The monoisotopic (exact) mass is 406 g/mol. The van der Waals surface area contributed by atoms with Gasteiger partial charge in [-0.05, 0) is 33.2 Å². The molecule has 0 aliphatic heterocycles. The minimum atomic E-state index is -0.792. The van der Waals surface area contributed by atoms with Crippen molar-refractivity contribution in [2.45, 2.75) is 71.9 Å². The van der Waals surface area contributed by atoms with Crippen molar-refractivity contribution in [3.63, 3.8) is 0 Å². The summed E-state index contributed by atoms with van der Waals surface area (Å²) < 4.78 is 6.86. The van der Waals surface area contributed by atoms with E-state index in [2.05, 4.69) is 116 Å². The van der Waals surface area contributed by atoms with Crippen LogP contribution in [0, 0.1) is 0 Å². The Bertz CT molecular complexity index is 984. The fourth-order valence-corrected chi connectivity index (χ4v) is 5.51. The average Bonchev–Trinajstić information content (AvgIpc) is 2.64. The molecule has 1 unspecified atom stereocenters. The zero-order valence-corrected chi connectivity index (χ0v) is 20.1. The van der Waals surface area contributed by atoms with Gasteiger partial charge in [-0.2, -0.15) is 0 Å². The van der Waals surface area contributed by atoms with Crippen molar-refractivity contribution in [1.82, 2.24) is 0 Å². The SMILES string of the molecule is CC(C)P(Oc1ccc(C(C)(C)C)cc1C(C)(C)C)c1cccc2ccccc12. The van der Waals surface area contributed by atoms with Crippen molar-refractivity contribution < 1.29 is 4.52 Å². The molecule has 0 bridgehead atoms. The van der Waals surface area contributed by atoms with E-state index in [1.54, 1.807) is 0 Å². The highest BCUT2D eigenvalue weighted by Gasteiger charge is 2.27. The van der Waals surface area contributed by atoms with Crippen LogP contribution in [0.4, 0.5) is 0 Å². The van der Waals surface area contributed by atoms with E-state index < -0.39 is 8.15 Å². The van der Waals surface area contributed by atoms with Gasteiger partial charge in [-0.3, -0.25) is 0 Å². The highest BCUT2D eigenvalue weighted by atomic mass is 31.1. The van der Waals surface area contributed by atoms with Crippen molar-refractivity contribution in [3.8, 4) is 5.75 Å². The lowest BCUT2D eigenvalue weighted by Gasteiger charge is -2.30. The smallest absolute Gasteiger partial charge is 0.127 e. The number of rotatable bonds is 4. The molecule has 0 saturated carbocycles. The normalized spacial score (nSPS) is 13.7. The van der Waals surface area contributed by atoms with Crippen LogP contribution in [0.5, 0.6) is 5.75 Å². The van der Waals surface area contributed by atoms with Gasteiger partial charge in [-0.1, -0.05) is 110 Å². The lowest BCUT2D eigenvalue weighted by atomic mass is 9.80. The predicted octanol–water partition coefficient (Wildman–Crippen LogP) is 7.94. The molecule has 1 atom stereocenters. The Morgan fingerprint density at radius 3 is 2.03 bits per heavy atom. The van der Waals surface area contributed by atoms with Gasteiger partial charge in [0.15, 0.2) is 0 Å². The van der Waals surface area contributed by atoms with Gasteiger partial charge in [0, 0.05) is 16.5 Å². The molecule has 0 radical (unpaired) electrons. The Balaban J connectivity index is 2.10. The lowest BCUT2D eigenvalue weighted by molar-refractivity contribution is 0.527. The van der Waals surface area contributed by atoms with Crippen molar-refractivity contribution in [1.29, 1.82) is 0 Å². The van der Waals surface area contributed by atoms with E-state index >= 15 is 0 Å². The summed E-state index contributed by atoms with van der Waals surface area (Å²) in [4.78, 5) is 0. The molecule has 1 nitrogen and oxygen atoms in total. The van der Waals surface area contributed by atoms with E-state index in [1.807, 2.05) is 0 Å². The topological polar surface area (TPSA) is 9.23 Å². The van der Waals surface area contributed by atoms with Crippen LogP contribution >= 0.6 is 8.15 Å². The summed E-state index contributed by atoms with van der Waals surface area (Å²) in [6.45, 7) is 18.2. The summed E-state index contributed by atoms with van der Waals surface area (Å²) in [5, 5.41) is 3.91. The molecule has 3 rings (SSSR count). The summed E-state index contributed by atoms with van der Waals surface area (Å²) in [6.07, 6.45) is 0. The summed E-state index contributed by atoms with van der Waals surface area (Å²) in [5.74, 6) is 1.03. The molecule has 2 heteroatoms. The molecule has 0 heterocycles. The Hall–Kier alpha value is -1.85. The molecule has 0 amide bonds. The second-order valence-corrected chi connectivity index (χ2v) is 12.6. The minimum Gasteiger partial charge on any atom is -0.469 e. The van der Waals surface area contributed by atoms with Crippen molar-refractivity contribution in [2.75, 3.05) is 0 Å². The van der Waals surface area contributed by atoms with Gasteiger partial charge in [0.25, 0.3) is 0 Å². The zero-order valence-electron chi connectivity index (χ0n) is 19.2. The molecule has 0 aliphatic carbocycles. The van der Waals surface area contributed by atoms with E-state index in [4.69, 9.17) is 4.52 Å². The minimum absolute atomic E-state index is 0.0212.